The van der Waals surface area contributed by atoms with E-state index in [1.807, 2.05) is 32.0 Å². The van der Waals surface area contributed by atoms with Crippen molar-refractivity contribution in [3.05, 3.63) is 29.3 Å². The van der Waals surface area contributed by atoms with E-state index >= 15 is 0 Å². The fourth-order valence-corrected chi connectivity index (χ4v) is 1.42. The zero-order valence-electron chi connectivity index (χ0n) is 10.5. The molecule has 1 aromatic carbocycles. The molecule has 4 heteroatoms. The second-order valence-electron chi connectivity index (χ2n) is 4.21. The van der Waals surface area contributed by atoms with E-state index in [2.05, 4.69) is 5.32 Å². The molecule has 0 saturated carbocycles. The maximum atomic E-state index is 11.4. The van der Waals surface area contributed by atoms with Gasteiger partial charge in [-0.3, -0.25) is 4.79 Å². The minimum Gasteiger partial charge on any atom is -0.484 e. The van der Waals surface area contributed by atoms with Crippen molar-refractivity contribution in [3.8, 4) is 5.75 Å². The second kappa shape index (κ2) is 6.25. The van der Waals surface area contributed by atoms with E-state index in [1.54, 1.807) is 6.92 Å². The largest absolute Gasteiger partial charge is 0.484 e. The Morgan fingerprint density at radius 1 is 1.47 bits per heavy atom. The second-order valence-corrected chi connectivity index (χ2v) is 4.21. The number of aliphatic hydroxyl groups is 1. The summed E-state index contributed by atoms with van der Waals surface area (Å²) in [5.74, 6) is 0.480. The molecule has 0 bridgehead atoms. The zero-order chi connectivity index (χ0) is 12.8. The van der Waals surface area contributed by atoms with Crippen molar-refractivity contribution in [1.82, 2.24) is 5.32 Å². The maximum absolute atomic E-state index is 11.4. The molecule has 4 nitrogen and oxygen atoms in total. The Morgan fingerprint density at radius 2 is 2.18 bits per heavy atom. The number of amides is 1. The number of carbonyl (C=O) groups is 1. The van der Waals surface area contributed by atoms with Gasteiger partial charge in [-0.2, -0.15) is 0 Å². The normalized spacial score (nSPS) is 12.0. The van der Waals surface area contributed by atoms with Gasteiger partial charge in [0.1, 0.15) is 5.75 Å². The lowest BCUT2D eigenvalue weighted by atomic mass is 10.1. The SMILES string of the molecule is Cc1ccc(OCC(=O)NC[C@H](C)O)c(C)c1. The summed E-state index contributed by atoms with van der Waals surface area (Å²) >= 11 is 0. The van der Waals surface area contributed by atoms with Gasteiger partial charge in [0, 0.05) is 6.54 Å². The molecule has 0 fully saturated rings. The summed E-state index contributed by atoms with van der Waals surface area (Å²) in [5, 5.41) is 11.6. The molecule has 0 aliphatic carbocycles. The minimum absolute atomic E-state index is 0.0311. The van der Waals surface area contributed by atoms with Crippen LogP contribution < -0.4 is 10.1 Å². The minimum atomic E-state index is -0.542. The van der Waals surface area contributed by atoms with Crippen LogP contribution in [0.4, 0.5) is 0 Å². The van der Waals surface area contributed by atoms with E-state index in [-0.39, 0.29) is 19.1 Å². The highest BCUT2D eigenvalue weighted by molar-refractivity contribution is 5.77. The van der Waals surface area contributed by atoms with Crippen LogP contribution >= 0.6 is 0 Å². The molecule has 0 aliphatic rings. The highest BCUT2D eigenvalue weighted by Crippen LogP contribution is 2.18. The smallest absolute Gasteiger partial charge is 0.258 e. The summed E-state index contributed by atoms with van der Waals surface area (Å²) in [7, 11) is 0. The Labute approximate surface area is 102 Å². The number of nitrogens with one attached hydrogen (secondary N) is 1. The van der Waals surface area contributed by atoms with Gasteiger partial charge < -0.3 is 15.2 Å². The van der Waals surface area contributed by atoms with Crippen molar-refractivity contribution in [2.45, 2.75) is 26.9 Å². The fraction of sp³-hybridized carbons (Fsp3) is 0.462. The molecule has 1 rings (SSSR count). The van der Waals surface area contributed by atoms with E-state index in [9.17, 15) is 4.79 Å². The Morgan fingerprint density at radius 3 is 2.76 bits per heavy atom. The first-order valence-electron chi connectivity index (χ1n) is 5.64. The molecule has 1 atom stereocenters. The monoisotopic (exact) mass is 237 g/mol. The van der Waals surface area contributed by atoms with Crippen LogP contribution in [0.2, 0.25) is 0 Å². The molecule has 0 aliphatic heterocycles. The molecule has 0 heterocycles. The van der Waals surface area contributed by atoms with Gasteiger partial charge in [-0.25, -0.2) is 0 Å². The Balaban J connectivity index is 2.42. The number of rotatable bonds is 5. The van der Waals surface area contributed by atoms with Crippen LogP contribution in [0.25, 0.3) is 0 Å². The van der Waals surface area contributed by atoms with Crippen molar-refractivity contribution in [2.24, 2.45) is 0 Å². The summed E-state index contributed by atoms with van der Waals surface area (Å²) in [6.45, 7) is 5.78. The Hall–Kier alpha value is -1.55. The number of benzene rings is 1. The van der Waals surface area contributed by atoms with Gasteiger partial charge >= 0.3 is 0 Å². The van der Waals surface area contributed by atoms with E-state index in [0.29, 0.717) is 5.75 Å². The lowest BCUT2D eigenvalue weighted by Gasteiger charge is -2.10. The lowest BCUT2D eigenvalue weighted by molar-refractivity contribution is -0.123. The van der Waals surface area contributed by atoms with Gasteiger partial charge in [-0.15, -0.1) is 0 Å². The Kier molecular flexibility index (Phi) is 4.97. The van der Waals surface area contributed by atoms with Gasteiger partial charge in [0.25, 0.3) is 5.91 Å². The number of ether oxygens (including phenoxy) is 1. The van der Waals surface area contributed by atoms with Crippen LogP contribution in [0.5, 0.6) is 5.75 Å². The van der Waals surface area contributed by atoms with Crippen LogP contribution in [0.15, 0.2) is 18.2 Å². The molecule has 1 amide bonds. The third-order valence-electron chi connectivity index (χ3n) is 2.28. The molecule has 0 unspecified atom stereocenters. The third kappa shape index (κ3) is 4.87. The van der Waals surface area contributed by atoms with Crippen molar-refractivity contribution in [1.29, 1.82) is 0 Å². The zero-order valence-corrected chi connectivity index (χ0v) is 10.5. The summed E-state index contributed by atoms with van der Waals surface area (Å²) in [6.07, 6.45) is -0.542. The molecule has 0 spiro atoms. The van der Waals surface area contributed by atoms with Crippen molar-refractivity contribution < 1.29 is 14.6 Å². The molecule has 2 N–H and O–H groups in total. The average molecular weight is 237 g/mol. The molecule has 0 aromatic heterocycles. The van der Waals surface area contributed by atoms with Crippen molar-refractivity contribution >= 4 is 5.91 Å². The first kappa shape index (κ1) is 13.5. The third-order valence-corrected chi connectivity index (χ3v) is 2.28. The summed E-state index contributed by atoms with van der Waals surface area (Å²) < 4.78 is 5.39. The van der Waals surface area contributed by atoms with E-state index in [1.165, 1.54) is 0 Å². The van der Waals surface area contributed by atoms with Crippen LogP contribution in [-0.2, 0) is 4.79 Å². The topological polar surface area (TPSA) is 58.6 Å². The van der Waals surface area contributed by atoms with Crippen LogP contribution in [0.3, 0.4) is 0 Å². The lowest BCUT2D eigenvalue weighted by Crippen LogP contribution is -2.34. The molecular formula is C13H19NO3. The number of hydrogen-bond donors (Lipinski definition) is 2. The van der Waals surface area contributed by atoms with Gasteiger partial charge in [-0.1, -0.05) is 17.7 Å². The predicted octanol–water partition coefficient (Wildman–Crippen LogP) is 1.18. The molecule has 0 saturated heterocycles. The van der Waals surface area contributed by atoms with Crippen LogP contribution in [-0.4, -0.2) is 30.3 Å². The average Bonchev–Trinajstić information content (AvgIpc) is 2.25. The molecule has 0 radical (unpaired) electrons. The Bertz CT molecular complexity index is 388. The van der Waals surface area contributed by atoms with Crippen molar-refractivity contribution in [3.63, 3.8) is 0 Å². The van der Waals surface area contributed by atoms with E-state index in [4.69, 9.17) is 9.84 Å². The molecule has 17 heavy (non-hydrogen) atoms. The van der Waals surface area contributed by atoms with Gasteiger partial charge in [0.05, 0.1) is 6.10 Å². The standard InChI is InChI=1S/C13H19NO3/c1-9-4-5-12(10(2)6-9)17-8-13(16)14-7-11(3)15/h4-6,11,15H,7-8H2,1-3H3,(H,14,16)/t11-/m0/s1. The van der Waals surface area contributed by atoms with Crippen LogP contribution in [0.1, 0.15) is 18.1 Å². The fourth-order valence-electron chi connectivity index (χ4n) is 1.42. The van der Waals surface area contributed by atoms with E-state index in [0.717, 1.165) is 11.1 Å². The highest BCUT2D eigenvalue weighted by atomic mass is 16.5. The molecular weight excluding hydrogens is 218 g/mol. The maximum Gasteiger partial charge on any atom is 0.258 e. The van der Waals surface area contributed by atoms with Gasteiger partial charge in [0.15, 0.2) is 6.61 Å². The van der Waals surface area contributed by atoms with Crippen LogP contribution in [0, 0.1) is 13.8 Å². The number of aliphatic hydroxyl groups excluding tert-OH is 1. The summed E-state index contributed by atoms with van der Waals surface area (Å²) in [6, 6.07) is 5.80. The number of aryl methyl sites for hydroxylation is 2. The van der Waals surface area contributed by atoms with E-state index < -0.39 is 6.10 Å². The van der Waals surface area contributed by atoms with Gasteiger partial charge in [0.2, 0.25) is 0 Å². The predicted molar refractivity (Wildman–Crippen MR) is 66.1 cm³/mol. The summed E-state index contributed by atoms with van der Waals surface area (Å²) in [4.78, 5) is 11.4. The van der Waals surface area contributed by atoms with Gasteiger partial charge in [-0.05, 0) is 32.4 Å². The summed E-state index contributed by atoms with van der Waals surface area (Å²) in [5.41, 5.74) is 2.17. The number of hydrogen-bond acceptors (Lipinski definition) is 3. The van der Waals surface area contributed by atoms with Crippen molar-refractivity contribution in [2.75, 3.05) is 13.2 Å². The molecule has 1 aromatic rings. The first-order chi connectivity index (χ1) is 7.99. The highest BCUT2D eigenvalue weighted by Gasteiger charge is 2.05. The first-order valence-corrected chi connectivity index (χ1v) is 5.64. The quantitative estimate of drug-likeness (QED) is 0.808. The number of carbonyl (C=O) groups excluding carboxylic acids is 1. The molecule has 94 valence electrons.